The zero-order valence-corrected chi connectivity index (χ0v) is 15.6. The average Bonchev–Trinajstić information content (AvgIpc) is 2.89. The molecule has 0 fully saturated rings. The van der Waals surface area contributed by atoms with Crippen molar-refractivity contribution in [3.63, 3.8) is 0 Å². The molecule has 0 spiro atoms. The maximum absolute atomic E-state index is 12.5. The average molecular weight is 408 g/mol. The smallest absolute Gasteiger partial charge is 0.427 e. The molecule has 1 aliphatic heterocycles. The minimum Gasteiger partial charge on any atom is -0.452 e. The van der Waals surface area contributed by atoms with Crippen LogP contribution < -0.4 is 10.7 Å². The fourth-order valence-corrected chi connectivity index (χ4v) is 3.31. The fourth-order valence-electron chi connectivity index (χ4n) is 2.80. The van der Waals surface area contributed by atoms with E-state index in [0.717, 1.165) is 0 Å². The highest BCUT2D eigenvalue weighted by molar-refractivity contribution is 6.37. The number of fused-ring (bicyclic) bond motifs is 1. The lowest BCUT2D eigenvalue weighted by Crippen LogP contribution is -2.37. The zero-order valence-electron chi connectivity index (χ0n) is 14.1. The number of benzene rings is 2. The predicted octanol–water partition coefficient (Wildman–Crippen LogP) is 3.28. The third kappa shape index (κ3) is 3.75. The van der Waals surface area contributed by atoms with Gasteiger partial charge in [-0.15, -0.1) is 0 Å². The lowest BCUT2D eigenvalue weighted by molar-refractivity contribution is -0.132. The number of hydrogen-bond acceptors (Lipinski definition) is 5. The third-order valence-electron chi connectivity index (χ3n) is 4.13. The van der Waals surface area contributed by atoms with E-state index in [-0.39, 0.29) is 17.2 Å². The minimum absolute atomic E-state index is 0.177. The van der Waals surface area contributed by atoms with E-state index < -0.39 is 17.6 Å². The number of methoxy groups -OCH3 is 1. The van der Waals surface area contributed by atoms with Gasteiger partial charge < -0.3 is 15.2 Å². The molecule has 0 aliphatic carbocycles. The van der Waals surface area contributed by atoms with E-state index in [1.165, 1.54) is 13.2 Å². The number of anilines is 1. The molecule has 0 bridgehead atoms. The van der Waals surface area contributed by atoms with Crippen molar-refractivity contribution in [3.8, 4) is 0 Å². The Morgan fingerprint density at radius 1 is 1.30 bits per heavy atom. The van der Waals surface area contributed by atoms with E-state index in [0.29, 0.717) is 21.8 Å². The van der Waals surface area contributed by atoms with Crippen LogP contribution >= 0.6 is 23.2 Å². The quantitative estimate of drug-likeness (QED) is 0.534. The Hall–Kier alpha value is -2.61. The zero-order chi connectivity index (χ0) is 19.6. The number of carbonyl (C=O) groups is 2. The van der Waals surface area contributed by atoms with Crippen molar-refractivity contribution in [1.29, 1.82) is 0 Å². The van der Waals surface area contributed by atoms with Crippen LogP contribution in [0.1, 0.15) is 17.5 Å². The second kappa shape index (κ2) is 7.56. The van der Waals surface area contributed by atoms with E-state index in [4.69, 9.17) is 23.2 Å². The predicted molar refractivity (Wildman–Crippen MR) is 102 cm³/mol. The largest absolute Gasteiger partial charge is 0.452 e. The van der Waals surface area contributed by atoms with Gasteiger partial charge in [0.15, 0.2) is 5.60 Å². The molecule has 0 radical (unpaired) electrons. The molecular weight excluding hydrogens is 393 g/mol. The van der Waals surface area contributed by atoms with E-state index in [1.54, 1.807) is 36.4 Å². The van der Waals surface area contributed by atoms with Gasteiger partial charge in [0, 0.05) is 28.3 Å². The molecule has 0 saturated heterocycles. The molecule has 2 aromatic rings. The van der Waals surface area contributed by atoms with Gasteiger partial charge >= 0.3 is 6.09 Å². The monoisotopic (exact) mass is 407 g/mol. The Balaban J connectivity index is 2.04. The van der Waals surface area contributed by atoms with Crippen LogP contribution in [0.5, 0.6) is 0 Å². The highest BCUT2D eigenvalue weighted by Gasteiger charge is 2.46. The van der Waals surface area contributed by atoms with Crippen LogP contribution in [0.15, 0.2) is 47.6 Å². The summed E-state index contributed by atoms with van der Waals surface area (Å²) in [4.78, 5) is 23.9. The van der Waals surface area contributed by atoms with Crippen molar-refractivity contribution < 1.29 is 19.4 Å². The Labute approximate surface area is 164 Å². The molecule has 27 heavy (non-hydrogen) atoms. The molecule has 9 heteroatoms. The maximum atomic E-state index is 12.5. The summed E-state index contributed by atoms with van der Waals surface area (Å²) in [5.74, 6) is -0.598. The number of hydrazone groups is 1. The van der Waals surface area contributed by atoms with Crippen molar-refractivity contribution in [3.05, 3.63) is 63.6 Å². The highest BCUT2D eigenvalue weighted by atomic mass is 35.5. The van der Waals surface area contributed by atoms with E-state index in [2.05, 4.69) is 20.6 Å². The molecule has 1 aliphatic rings. The number of hydrogen-bond donors (Lipinski definition) is 3. The van der Waals surface area contributed by atoms with Gasteiger partial charge in [-0.1, -0.05) is 47.5 Å². The normalized spacial score (nSPS) is 18.7. The molecule has 7 nitrogen and oxygen atoms in total. The number of halogens is 2. The van der Waals surface area contributed by atoms with Crippen LogP contribution in [0, 0.1) is 0 Å². The number of nitrogens with one attached hydrogen (secondary N) is 2. The van der Waals surface area contributed by atoms with Gasteiger partial charge in [-0.05, 0) is 18.2 Å². The van der Waals surface area contributed by atoms with E-state index in [9.17, 15) is 14.7 Å². The number of aliphatic hydroxyl groups is 1. The fraction of sp³-hybridized carbons (Fsp3) is 0.167. The summed E-state index contributed by atoms with van der Waals surface area (Å²) in [6.45, 7) is 0. The van der Waals surface area contributed by atoms with Gasteiger partial charge in [0.1, 0.15) is 0 Å². The molecule has 0 saturated carbocycles. The first-order chi connectivity index (χ1) is 12.8. The summed E-state index contributed by atoms with van der Waals surface area (Å²) in [6, 6.07) is 11.5. The van der Waals surface area contributed by atoms with Crippen LogP contribution in [0.25, 0.3) is 0 Å². The minimum atomic E-state index is -1.88. The molecule has 2 amide bonds. The molecule has 3 rings (SSSR count). The van der Waals surface area contributed by atoms with Crippen molar-refractivity contribution in [2.45, 2.75) is 12.0 Å². The van der Waals surface area contributed by atoms with Gasteiger partial charge in [0.25, 0.3) is 5.91 Å². The van der Waals surface area contributed by atoms with Crippen molar-refractivity contribution in [2.75, 3.05) is 12.4 Å². The summed E-state index contributed by atoms with van der Waals surface area (Å²) in [5, 5.41) is 18.4. The van der Waals surface area contributed by atoms with Gasteiger partial charge in [0.2, 0.25) is 0 Å². The number of amides is 2. The third-order valence-corrected chi connectivity index (χ3v) is 4.68. The summed E-state index contributed by atoms with van der Waals surface area (Å²) >= 11 is 12.2. The van der Waals surface area contributed by atoms with Crippen LogP contribution in [0.4, 0.5) is 10.5 Å². The Morgan fingerprint density at radius 3 is 2.74 bits per heavy atom. The van der Waals surface area contributed by atoms with E-state index in [1.807, 2.05) is 0 Å². The van der Waals surface area contributed by atoms with Crippen molar-refractivity contribution in [1.82, 2.24) is 5.43 Å². The molecule has 1 unspecified atom stereocenters. The molecule has 0 aromatic heterocycles. The Bertz CT molecular complexity index is 948. The van der Waals surface area contributed by atoms with Crippen LogP contribution in [-0.4, -0.2) is 29.9 Å². The second-order valence-electron chi connectivity index (χ2n) is 5.82. The summed E-state index contributed by atoms with van der Waals surface area (Å²) in [6.07, 6.45) is -1.04. The number of ether oxygens (including phenoxy) is 1. The second-order valence-corrected chi connectivity index (χ2v) is 6.67. The lowest BCUT2D eigenvalue weighted by Gasteiger charge is -2.22. The SMILES string of the molecule is COC(=O)N/N=C(/CC1(O)C(=O)Nc2ccccc21)c1ccc(Cl)cc1Cl. The van der Waals surface area contributed by atoms with Gasteiger partial charge in [-0.3, -0.25) is 4.79 Å². The van der Waals surface area contributed by atoms with Crippen LogP contribution in [0.2, 0.25) is 10.0 Å². The van der Waals surface area contributed by atoms with Crippen molar-refractivity contribution in [2.24, 2.45) is 5.10 Å². The van der Waals surface area contributed by atoms with Gasteiger partial charge in [-0.25, -0.2) is 10.2 Å². The number of rotatable bonds is 4. The standard InChI is InChI=1S/C18H15Cl2N3O4/c1-27-17(25)23-22-15(11-7-6-10(19)8-13(11)20)9-18(26)12-4-2-3-5-14(12)21-16(18)24/h2-8,26H,9H2,1H3,(H,21,24)(H,23,25)/b22-15-. The lowest BCUT2D eigenvalue weighted by atomic mass is 9.87. The molecule has 140 valence electrons. The topological polar surface area (TPSA) is 100 Å². The maximum Gasteiger partial charge on any atom is 0.427 e. The Morgan fingerprint density at radius 2 is 2.04 bits per heavy atom. The first-order valence-electron chi connectivity index (χ1n) is 7.84. The first-order valence-corrected chi connectivity index (χ1v) is 8.60. The molecular formula is C18H15Cl2N3O4. The summed E-state index contributed by atoms with van der Waals surface area (Å²) in [5.41, 5.74) is 1.81. The van der Waals surface area contributed by atoms with Gasteiger partial charge in [-0.2, -0.15) is 5.10 Å². The molecule has 1 atom stereocenters. The molecule has 3 N–H and O–H groups in total. The summed E-state index contributed by atoms with van der Waals surface area (Å²) in [7, 11) is 1.19. The van der Waals surface area contributed by atoms with E-state index >= 15 is 0 Å². The number of para-hydroxylation sites is 1. The van der Waals surface area contributed by atoms with Crippen molar-refractivity contribution >= 4 is 46.6 Å². The molecule has 2 aromatic carbocycles. The Kier molecular flexibility index (Phi) is 5.36. The summed E-state index contributed by atoms with van der Waals surface area (Å²) < 4.78 is 4.51. The van der Waals surface area contributed by atoms with Crippen LogP contribution in [0.3, 0.4) is 0 Å². The highest BCUT2D eigenvalue weighted by Crippen LogP contribution is 2.39. The molecule has 1 heterocycles. The number of nitrogens with zero attached hydrogens (tertiary/aromatic N) is 1. The van der Waals surface area contributed by atoms with Gasteiger partial charge in [0.05, 0.1) is 17.8 Å². The number of carbonyl (C=O) groups excluding carboxylic acids is 2. The van der Waals surface area contributed by atoms with Crippen LogP contribution in [-0.2, 0) is 15.1 Å². The first kappa shape index (κ1) is 19.2.